The summed E-state index contributed by atoms with van der Waals surface area (Å²) < 4.78 is 11.3. The highest BCUT2D eigenvalue weighted by molar-refractivity contribution is 5.97. The van der Waals surface area contributed by atoms with E-state index in [4.69, 9.17) is 9.47 Å². The number of hydrogen-bond donors (Lipinski definition) is 2. The van der Waals surface area contributed by atoms with Gasteiger partial charge < -0.3 is 20.1 Å². The zero-order chi connectivity index (χ0) is 60.5. The number of carbonyl (C=O) groups is 4. The van der Waals surface area contributed by atoms with E-state index in [0.29, 0.717) is 44.3 Å². The first kappa shape index (κ1) is 74.4. The average Bonchev–Trinajstić information content (AvgIpc) is 3.69. The van der Waals surface area contributed by atoms with Gasteiger partial charge >= 0.3 is 11.9 Å². The molecule has 2 amide bonds. The van der Waals surface area contributed by atoms with Crippen LogP contribution < -0.4 is 15.4 Å². The highest BCUT2D eigenvalue weighted by Gasteiger charge is 2.19. The van der Waals surface area contributed by atoms with Crippen LogP contribution in [0.1, 0.15) is 192 Å². The maximum absolute atomic E-state index is 13.5. The highest BCUT2D eigenvalue weighted by Crippen LogP contribution is 2.25. The van der Waals surface area contributed by atoms with Crippen molar-refractivity contribution in [3.8, 4) is 5.75 Å². The molecule has 2 N–H and O–H groups in total. The summed E-state index contributed by atoms with van der Waals surface area (Å²) in [4.78, 5) is 52.0. The van der Waals surface area contributed by atoms with E-state index in [-0.39, 0.29) is 42.6 Å². The van der Waals surface area contributed by atoms with Gasteiger partial charge in [-0.2, -0.15) is 0 Å². The lowest BCUT2D eigenvalue weighted by atomic mass is 10.1. The maximum atomic E-state index is 13.5. The van der Waals surface area contributed by atoms with Crippen LogP contribution in [0.15, 0.2) is 237 Å². The number of nitrogens with one attached hydrogen (secondary N) is 2. The van der Waals surface area contributed by atoms with Crippen LogP contribution in [-0.4, -0.2) is 36.9 Å². The van der Waals surface area contributed by atoms with Crippen molar-refractivity contribution >= 4 is 29.4 Å². The molecule has 0 bridgehead atoms. The summed E-state index contributed by atoms with van der Waals surface area (Å²) in [5.41, 5.74) is 0.402. The van der Waals surface area contributed by atoms with Crippen LogP contribution in [0.25, 0.3) is 0 Å². The van der Waals surface area contributed by atoms with Gasteiger partial charge in [0.2, 0.25) is 11.8 Å². The predicted octanol–water partition coefficient (Wildman–Crippen LogP) is 20.6. The molecule has 0 aliphatic carbocycles. The lowest BCUT2D eigenvalue weighted by Gasteiger charge is -2.13. The molecule has 1 aromatic rings. The molecule has 8 nitrogen and oxygen atoms in total. The average molecular weight is 1140 g/mol. The van der Waals surface area contributed by atoms with Gasteiger partial charge in [0.05, 0.1) is 6.61 Å². The van der Waals surface area contributed by atoms with Gasteiger partial charge in [0.15, 0.2) is 0 Å². The Hall–Kier alpha value is -7.58. The largest absolute Gasteiger partial charge is 0.462 e. The topological polar surface area (TPSA) is 111 Å². The Morgan fingerprint density at radius 2 is 0.667 bits per heavy atom. The van der Waals surface area contributed by atoms with Crippen LogP contribution in [0.2, 0.25) is 0 Å². The Kier molecular flexibility index (Phi) is 53.2. The van der Waals surface area contributed by atoms with Crippen molar-refractivity contribution in [1.82, 2.24) is 5.32 Å². The zero-order valence-corrected chi connectivity index (χ0v) is 51.6. The molecule has 0 spiro atoms. The van der Waals surface area contributed by atoms with Gasteiger partial charge in [0, 0.05) is 31.5 Å². The van der Waals surface area contributed by atoms with E-state index < -0.39 is 11.9 Å². The van der Waals surface area contributed by atoms with Crippen LogP contribution >= 0.6 is 0 Å². The number of hydrogen-bond acceptors (Lipinski definition) is 6. The third kappa shape index (κ3) is 51.3. The molecule has 84 heavy (non-hydrogen) atoms. The summed E-state index contributed by atoms with van der Waals surface area (Å²) in [6.07, 6.45) is 96.8. The van der Waals surface area contributed by atoms with E-state index in [1.807, 2.05) is 30.4 Å². The zero-order valence-electron chi connectivity index (χ0n) is 51.6. The second-order valence-electron chi connectivity index (χ2n) is 19.4. The number of ether oxygens (including phenoxy) is 2. The smallest absolute Gasteiger partial charge is 0.342 e. The first-order chi connectivity index (χ1) is 41.4. The number of esters is 2. The van der Waals surface area contributed by atoms with E-state index >= 15 is 0 Å². The van der Waals surface area contributed by atoms with Crippen LogP contribution in [0, 0.1) is 0 Å². The molecule has 0 aliphatic rings. The number of rotatable bonds is 49. The molecule has 1 aromatic carbocycles. The Bertz CT molecular complexity index is 2450. The fourth-order valence-electron chi connectivity index (χ4n) is 7.43. The fourth-order valence-corrected chi connectivity index (χ4v) is 7.43. The van der Waals surface area contributed by atoms with E-state index in [1.54, 1.807) is 6.07 Å². The van der Waals surface area contributed by atoms with E-state index in [0.717, 1.165) is 116 Å². The van der Waals surface area contributed by atoms with Crippen LogP contribution in [0.5, 0.6) is 5.75 Å². The van der Waals surface area contributed by atoms with Crippen molar-refractivity contribution in [3.63, 3.8) is 0 Å². The van der Waals surface area contributed by atoms with Crippen LogP contribution in [0.4, 0.5) is 5.69 Å². The summed E-state index contributed by atoms with van der Waals surface area (Å²) in [6.45, 7) is 6.79. The summed E-state index contributed by atoms with van der Waals surface area (Å²) in [6, 6.07) is 4.59. The number of carbonyl (C=O) groups excluding carboxylic acids is 4. The first-order valence-corrected chi connectivity index (χ1v) is 31.2. The third-order valence-corrected chi connectivity index (χ3v) is 12.0. The summed E-state index contributed by atoms with van der Waals surface area (Å²) in [5.74, 6) is -1.45. The number of benzene rings is 1. The Labute approximate surface area is 509 Å². The number of amides is 2. The second-order valence-corrected chi connectivity index (χ2v) is 19.4. The summed E-state index contributed by atoms with van der Waals surface area (Å²) >= 11 is 0. The number of allylic oxidation sites excluding steroid dienone is 36. The molecule has 454 valence electrons. The minimum atomic E-state index is -0.701. The summed E-state index contributed by atoms with van der Waals surface area (Å²) in [7, 11) is 0. The fraction of sp³-hybridized carbons (Fsp3) is 0.395. The van der Waals surface area contributed by atoms with E-state index in [1.165, 1.54) is 12.1 Å². The molecule has 0 radical (unpaired) electrons. The maximum Gasteiger partial charge on any atom is 0.342 e. The third-order valence-electron chi connectivity index (χ3n) is 12.0. The van der Waals surface area contributed by atoms with Gasteiger partial charge in [-0.15, -0.1) is 0 Å². The minimum Gasteiger partial charge on any atom is -0.462 e. The number of anilines is 1. The van der Waals surface area contributed by atoms with Crippen molar-refractivity contribution in [2.75, 3.05) is 18.5 Å². The van der Waals surface area contributed by atoms with Crippen molar-refractivity contribution in [2.45, 2.75) is 181 Å². The summed E-state index contributed by atoms with van der Waals surface area (Å²) in [5, 5.41) is 5.76. The SMILES string of the molecule is CC/C=C\C/C=C\C/C=C\C/C=C\C/C=C\C/C=C/CCC(=O)NCCCOC(=O)c1cc(NC(=O)CC/C=C/C/C=C\C/C=C\C/C=C\C/C=C\C/C=C\CC)ccc1OC(=O)CC/C=C/C/C=C\C/C=C\C/C=C\C/C=C\C/C=C\CC. The molecule has 0 aromatic heterocycles. The Morgan fingerprint density at radius 1 is 0.369 bits per heavy atom. The quantitative estimate of drug-likeness (QED) is 0.0291. The Balaban J connectivity index is 2.63. The molecule has 1 rings (SSSR count). The first-order valence-electron chi connectivity index (χ1n) is 31.2. The highest BCUT2D eigenvalue weighted by atomic mass is 16.5. The van der Waals surface area contributed by atoms with E-state index in [9.17, 15) is 19.2 Å². The van der Waals surface area contributed by atoms with Gasteiger partial charge in [-0.1, -0.05) is 240 Å². The molecular formula is C76H104N2O6. The van der Waals surface area contributed by atoms with Gasteiger partial charge in [0.25, 0.3) is 0 Å². The van der Waals surface area contributed by atoms with Gasteiger partial charge in [-0.05, 0) is 159 Å². The van der Waals surface area contributed by atoms with Crippen LogP contribution in [-0.2, 0) is 19.1 Å². The predicted molar refractivity (Wildman–Crippen MR) is 361 cm³/mol. The van der Waals surface area contributed by atoms with Crippen molar-refractivity contribution in [3.05, 3.63) is 242 Å². The van der Waals surface area contributed by atoms with Crippen LogP contribution in [0.3, 0.4) is 0 Å². The van der Waals surface area contributed by atoms with Gasteiger partial charge in [-0.25, -0.2) is 4.79 Å². The van der Waals surface area contributed by atoms with Crippen molar-refractivity contribution < 1.29 is 28.7 Å². The Morgan fingerprint density at radius 3 is 1.00 bits per heavy atom. The van der Waals surface area contributed by atoms with Crippen molar-refractivity contribution in [2.24, 2.45) is 0 Å². The molecule has 0 atom stereocenters. The minimum absolute atomic E-state index is 0.0208. The molecule has 8 heteroatoms. The second kappa shape index (κ2) is 60.0. The standard InChI is InChI=1S/C76H104N2O6/c1-4-7-10-13-16-19-22-25-28-31-34-37-40-43-46-49-52-55-58-62-73(79)77-67-61-68-83-76(82)71-69-70(78-74(80)63-59-56-53-50-47-44-41-38-35-32-29-26-23-20-17-14-11-8-5-2)65-66-72(71)84-75(81)64-60-57-54-51-48-45-42-39-36-33-30-27-24-21-18-15-12-9-6-3/h7-12,16-21,25-30,34-39,43-48,52-57,65-66,69H,4-6,13-15,22-24,31-33,40-42,49-51,58-64,67-68H2,1-3H3,(H,77,79)(H,78,80)/b10-7-,11-8-,12-9-,19-16-,20-17-,21-18-,28-25-,29-26-,30-27-,37-34-,38-35-,39-36-,46-43-,47-44-,48-45-,55-52+,56-53+,57-54+. The lowest BCUT2D eigenvalue weighted by Crippen LogP contribution is -2.25. The van der Waals surface area contributed by atoms with Gasteiger partial charge in [0.1, 0.15) is 11.3 Å². The van der Waals surface area contributed by atoms with E-state index in [2.05, 4.69) is 220 Å². The molecule has 0 saturated carbocycles. The lowest BCUT2D eigenvalue weighted by molar-refractivity contribution is -0.134. The molecule has 0 fully saturated rings. The molecule has 0 unspecified atom stereocenters. The normalized spacial score (nSPS) is 13.1. The molecular weight excluding hydrogens is 1040 g/mol. The molecule has 0 aliphatic heterocycles. The monoisotopic (exact) mass is 1140 g/mol. The van der Waals surface area contributed by atoms with Crippen molar-refractivity contribution in [1.29, 1.82) is 0 Å². The molecule has 0 heterocycles. The van der Waals surface area contributed by atoms with Gasteiger partial charge in [-0.3, -0.25) is 14.4 Å². The molecule has 0 saturated heterocycles.